The van der Waals surface area contributed by atoms with Crippen LogP contribution in [-0.2, 0) is 16.6 Å². The zero-order valence-electron chi connectivity index (χ0n) is 18.1. The van der Waals surface area contributed by atoms with Crippen LogP contribution in [0.2, 0.25) is 0 Å². The van der Waals surface area contributed by atoms with Crippen LogP contribution in [0.4, 0.5) is 4.39 Å². The topological polar surface area (TPSA) is 65.2 Å². The highest BCUT2D eigenvalue weighted by Gasteiger charge is 2.28. The maximum absolute atomic E-state index is 14.5. The maximum Gasteiger partial charge on any atom is 0.202 e. The predicted octanol–water partition coefficient (Wildman–Crippen LogP) is 5.30. The Morgan fingerprint density at radius 1 is 1.35 bits per heavy atom. The molecule has 0 aliphatic carbocycles. The summed E-state index contributed by atoms with van der Waals surface area (Å²) in [5.74, 6) is 2.96. The molecule has 0 saturated heterocycles. The van der Waals surface area contributed by atoms with Crippen molar-refractivity contribution in [3.05, 3.63) is 53.3 Å². The van der Waals surface area contributed by atoms with Crippen molar-refractivity contribution in [2.24, 2.45) is 0 Å². The molecule has 1 aromatic carbocycles. The van der Waals surface area contributed by atoms with Gasteiger partial charge >= 0.3 is 0 Å². The smallest absolute Gasteiger partial charge is 0.202 e. The number of ketones is 1. The first-order valence-electron chi connectivity index (χ1n) is 10.0. The fourth-order valence-electron chi connectivity index (χ4n) is 3.18. The molecule has 5 nitrogen and oxygen atoms in total. The van der Waals surface area contributed by atoms with Gasteiger partial charge in [0.25, 0.3) is 0 Å². The number of fused-ring (bicyclic) bond motifs is 1. The van der Waals surface area contributed by atoms with Gasteiger partial charge in [-0.3, -0.25) is 9.78 Å². The quantitative estimate of drug-likeness (QED) is 0.332. The third kappa shape index (κ3) is 5.26. The molecule has 0 radical (unpaired) electrons. The van der Waals surface area contributed by atoms with Gasteiger partial charge < -0.3 is 9.26 Å². The Morgan fingerprint density at radius 2 is 2.13 bits per heavy atom. The number of hydrogen-bond acceptors (Lipinski definition) is 6. The van der Waals surface area contributed by atoms with Gasteiger partial charge in [-0.15, -0.1) is 18.2 Å². The van der Waals surface area contributed by atoms with Gasteiger partial charge in [0.2, 0.25) is 5.44 Å². The van der Waals surface area contributed by atoms with Crippen LogP contribution in [0.15, 0.2) is 35.0 Å². The van der Waals surface area contributed by atoms with Crippen LogP contribution >= 0.6 is 11.8 Å². The number of carbonyl (C=O) groups excluding carboxylic acids is 1. The lowest BCUT2D eigenvalue weighted by atomic mass is 9.83. The van der Waals surface area contributed by atoms with Crippen LogP contribution < -0.4 is 4.74 Å². The molecule has 1 unspecified atom stereocenters. The third-order valence-corrected chi connectivity index (χ3v) is 5.98. The van der Waals surface area contributed by atoms with Crippen molar-refractivity contribution in [2.75, 3.05) is 6.26 Å². The van der Waals surface area contributed by atoms with E-state index in [1.807, 2.05) is 26.8 Å². The first-order chi connectivity index (χ1) is 14.8. The Hall–Kier alpha value is -2.85. The van der Waals surface area contributed by atoms with Crippen molar-refractivity contribution in [1.82, 2.24) is 10.1 Å². The number of nitrogens with zero attached hydrogens (tertiary/aromatic N) is 2. The zero-order valence-corrected chi connectivity index (χ0v) is 18.9. The molecule has 0 bridgehead atoms. The number of aryl methyl sites for hydroxylation is 1. The van der Waals surface area contributed by atoms with Crippen molar-refractivity contribution in [3.63, 3.8) is 0 Å². The number of Topliss-reactive ketones (excluding diaryl/α,β-unsaturated/α-hetero) is 1. The number of hydrogen-bond donors (Lipinski definition) is 0. The Morgan fingerprint density at radius 3 is 2.77 bits per heavy atom. The standard InChI is InChI=1S/C24H25FN2O3S/c1-6-15-10-16-11-18(12-19(25)22(16)26-14-15)29-23(31-5)20(28)8-9-24(3,4)21-13-17(7-2)30-27-21/h1,10-14,23H,7-9H2,2-5H3. The summed E-state index contributed by atoms with van der Waals surface area (Å²) >= 11 is 1.27. The van der Waals surface area contributed by atoms with E-state index in [1.54, 1.807) is 18.4 Å². The highest BCUT2D eigenvalue weighted by atomic mass is 32.2. The molecule has 0 saturated carbocycles. The Kier molecular flexibility index (Phi) is 7.01. The van der Waals surface area contributed by atoms with Gasteiger partial charge in [-0.2, -0.15) is 0 Å². The summed E-state index contributed by atoms with van der Waals surface area (Å²) in [5, 5.41) is 4.66. The highest BCUT2D eigenvalue weighted by Crippen LogP contribution is 2.30. The number of ether oxygens (including phenoxy) is 1. The molecule has 2 aromatic heterocycles. The van der Waals surface area contributed by atoms with Gasteiger partial charge in [-0.05, 0) is 24.8 Å². The molecular weight excluding hydrogens is 415 g/mol. The fourth-order valence-corrected chi connectivity index (χ4v) is 3.76. The molecule has 3 aromatic rings. The first kappa shape index (κ1) is 22.8. The van der Waals surface area contributed by atoms with Gasteiger partial charge in [0, 0.05) is 47.5 Å². The summed E-state index contributed by atoms with van der Waals surface area (Å²) in [4.78, 5) is 16.9. The normalized spacial score (nSPS) is 12.5. The Balaban J connectivity index is 1.71. The predicted molar refractivity (Wildman–Crippen MR) is 121 cm³/mol. The van der Waals surface area contributed by atoms with E-state index in [9.17, 15) is 9.18 Å². The van der Waals surface area contributed by atoms with E-state index < -0.39 is 11.3 Å². The Labute approximate surface area is 185 Å². The average molecular weight is 441 g/mol. The number of aromatic nitrogens is 2. The monoisotopic (exact) mass is 440 g/mol. The van der Waals surface area contributed by atoms with E-state index in [0.29, 0.717) is 23.8 Å². The van der Waals surface area contributed by atoms with E-state index in [-0.39, 0.29) is 22.5 Å². The van der Waals surface area contributed by atoms with Crippen molar-refractivity contribution < 1.29 is 18.4 Å². The lowest BCUT2D eigenvalue weighted by Crippen LogP contribution is -2.27. The number of thioether (sulfide) groups is 1. The number of halogens is 1. The van der Waals surface area contributed by atoms with Gasteiger partial charge in [-0.25, -0.2) is 4.39 Å². The maximum atomic E-state index is 14.5. The second-order valence-electron chi connectivity index (χ2n) is 7.91. The fraction of sp³-hybridized carbons (Fsp3) is 0.375. The van der Waals surface area contributed by atoms with E-state index in [2.05, 4.69) is 16.1 Å². The van der Waals surface area contributed by atoms with Crippen molar-refractivity contribution in [1.29, 1.82) is 0 Å². The SMILES string of the molecule is C#Cc1cnc2c(F)cc(OC(SC)C(=O)CCC(C)(C)c3cc(CC)on3)cc2c1. The molecule has 3 rings (SSSR count). The molecule has 0 aliphatic heterocycles. The van der Waals surface area contributed by atoms with Gasteiger partial charge in [-0.1, -0.05) is 31.8 Å². The Bertz CT molecular complexity index is 1130. The molecule has 0 fully saturated rings. The van der Waals surface area contributed by atoms with Crippen LogP contribution in [0.3, 0.4) is 0 Å². The van der Waals surface area contributed by atoms with Crippen LogP contribution in [0.5, 0.6) is 5.75 Å². The van der Waals surface area contributed by atoms with Crippen LogP contribution in [0.25, 0.3) is 10.9 Å². The summed E-state index contributed by atoms with van der Waals surface area (Å²) in [5.41, 5.74) is 0.510. The minimum absolute atomic E-state index is 0.0733. The summed E-state index contributed by atoms with van der Waals surface area (Å²) in [7, 11) is 0. The number of carbonyl (C=O) groups is 1. The number of terminal acetylenes is 1. The number of pyridine rings is 1. The number of benzene rings is 1. The highest BCUT2D eigenvalue weighted by molar-refractivity contribution is 7.99. The molecular formula is C24H25FN2O3S. The molecule has 31 heavy (non-hydrogen) atoms. The van der Waals surface area contributed by atoms with Gasteiger partial charge in [0.1, 0.15) is 17.0 Å². The number of rotatable bonds is 9. The van der Waals surface area contributed by atoms with Gasteiger partial charge in [0.05, 0.1) is 5.69 Å². The van der Waals surface area contributed by atoms with Crippen molar-refractivity contribution in [2.45, 2.75) is 50.9 Å². The molecule has 2 heterocycles. The zero-order chi connectivity index (χ0) is 22.6. The molecule has 0 amide bonds. The van der Waals surface area contributed by atoms with E-state index in [4.69, 9.17) is 15.7 Å². The van der Waals surface area contributed by atoms with Crippen molar-refractivity contribution in [3.8, 4) is 18.1 Å². The minimum atomic E-state index is -0.750. The average Bonchev–Trinajstić information content (AvgIpc) is 3.26. The van der Waals surface area contributed by atoms with Crippen molar-refractivity contribution >= 4 is 28.4 Å². The van der Waals surface area contributed by atoms with Crippen LogP contribution in [0, 0.1) is 18.2 Å². The summed E-state index contributed by atoms with van der Waals surface area (Å²) in [6.07, 6.45) is 10.3. The van der Waals surface area contributed by atoms with Crippen LogP contribution in [-0.4, -0.2) is 27.6 Å². The molecule has 0 aliphatic rings. The molecule has 7 heteroatoms. The third-order valence-electron chi connectivity index (χ3n) is 5.19. The van der Waals surface area contributed by atoms with E-state index in [1.165, 1.54) is 24.0 Å². The summed E-state index contributed by atoms with van der Waals surface area (Å²) in [6.45, 7) is 6.06. The molecule has 0 spiro atoms. The van der Waals surface area contributed by atoms with Crippen LogP contribution in [0.1, 0.15) is 50.6 Å². The summed E-state index contributed by atoms with van der Waals surface area (Å²) in [6, 6.07) is 6.49. The molecule has 0 N–H and O–H groups in total. The van der Waals surface area contributed by atoms with E-state index in [0.717, 1.165) is 17.9 Å². The summed E-state index contributed by atoms with van der Waals surface area (Å²) < 4.78 is 25.6. The first-order valence-corrected chi connectivity index (χ1v) is 11.3. The molecule has 162 valence electrons. The minimum Gasteiger partial charge on any atom is -0.472 e. The van der Waals surface area contributed by atoms with Gasteiger partial charge in [0.15, 0.2) is 11.6 Å². The second kappa shape index (κ2) is 9.52. The lowest BCUT2D eigenvalue weighted by Gasteiger charge is -2.23. The molecule has 1 atom stereocenters. The van der Waals surface area contributed by atoms with E-state index >= 15 is 0 Å². The second-order valence-corrected chi connectivity index (χ2v) is 8.81. The lowest BCUT2D eigenvalue weighted by molar-refractivity contribution is -0.122. The largest absolute Gasteiger partial charge is 0.472 e.